The molecule has 0 aromatic heterocycles. The van der Waals surface area contributed by atoms with Gasteiger partial charge in [-0.3, -0.25) is 4.79 Å². The fraction of sp³-hybridized carbons (Fsp3) is 0.778. The molecule has 0 atom stereocenters. The molecule has 0 spiro atoms. The van der Waals surface area contributed by atoms with E-state index < -0.39 is 36.2 Å². The van der Waals surface area contributed by atoms with Gasteiger partial charge in [-0.25, -0.2) is 13.6 Å². The van der Waals surface area contributed by atoms with Crippen LogP contribution in [-0.2, 0) is 9.59 Å². The quantitative estimate of drug-likeness (QED) is 0.735. The summed E-state index contributed by atoms with van der Waals surface area (Å²) in [5, 5.41) is 11.2. The highest BCUT2D eigenvalue weighted by Gasteiger charge is 2.48. The number of hydrogen-bond acceptors (Lipinski definition) is 2. The topological polar surface area (TPSA) is 66.4 Å². The van der Waals surface area contributed by atoms with Crippen molar-refractivity contribution in [1.29, 1.82) is 0 Å². The van der Waals surface area contributed by atoms with E-state index in [0.717, 1.165) is 0 Å². The minimum absolute atomic E-state index is 0.227. The van der Waals surface area contributed by atoms with Gasteiger partial charge in [-0.15, -0.1) is 0 Å². The molecule has 0 unspecified atom stereocenters. The summed E-state index contributed by atoms with van der Waals surface area (Å²) in [6.45, 7) is 1.18. The van der Waals surface area contributed by atoms with Crippen molar-refractivity contribution in [2.45, 2.75) is 44.1 Å². The van der Waals surface area contributed by atoms with Crippen LogP contribution in [0.5, 0.6) is 0 Å². The lowest BCUT2D eigenvalue weighted by atomic mass is 9.80. The maximum Gasteiger partial charge on any atom is 0.329 e. The molecule has 1 saturated carbocycles. The zero-order valence-electron chi connectivity index (χ0n) is 8.35. The second-order valence-electron chi connectivity index (χ2n) is 3.92. The summed E-state index contributed by atoms with van der Waals surface area (Å²) in [6.07, 6.45) is -1.46. The summed E-state index contributed by atoms with van der Waals surface area (Å²) in [5.41, 5.74) is -1.51. The van der Waals surface area contributed by atoms with Gasteiger partial charge in [-0.05, 0) is 12.8 Å². The molecule has 0 bridgehead atoms. The average Bonchev–Trinajstić information content (AvgIpc) is 2.08. The number of carboxylic acid groups (broad SMARTS) is 1. The van der Waals surface area contributed by atoms with Crippen LogP contribution in [0.3, 0.4) is 0 Å². The van der Waals surface area contributed by atoms with Crippen LogP contribution in [0.4, 0.5) is 8.78 Å². The number of aliphatic carboxylic acids is 1. The molecule has 4 nitrogen and oxygen atoms in total. The van der Waals surface area contributed by atoms with Crippen LogP contribution in [0, 0.1) is 0 Å². The third-order valence-corrected chi connectivity index (χ3v) is 2.66. The van der Waals surface area contributed by atoms with Crippen molar-refractivity contribution in [2.75, 3.05) is 0 Å². The van der Waals surface area contributed by atoms with Crippen LogP contribution in [0.1, 0.15) is 32.6 Å². The van der Waals surface area contributed by atoms with Crippen molar-refractivity contribution < 1.29 is 23.5 Å². The second kappa shape index (κ2) is 3.75. The summed E-state index contributed by atoms with van der Waals surface area (Å²) in [6, 6.07) is 0. The molecule has 1 amide bonds. The van der Waals surface area contributed by atoms with Crippen molar-refractivity contribution in [3.05, 3.63) is 0 Å². The first-order valence-electron chi connectivity index (χ1n) is 4.67. The monoisotopic (exact) mass is 221 g/mol. The number of carboxylic acids is 1. The molecule has 0 aliphatic heterocycles. The number of carbonyl (C=O) groups is 2. The van der Waals surface area contributed by atoms with Gasteiger partial charge in [0.2, 0.25) is 11.8 Å². The lowest BCUT2D eigenvalue weighted by Gasteiger charge is -2.36. The van der Waals surface area contributed by atoms with Gasteiger partial charge in [0.05, 0.1) is 0 Å². The number of rotatable bonds is 2. The molecule has 0 saturated heterocycles. The summed E-state index contributed by atoms with van der Waals surface area (Å²) in [4.78, 5) is 21.8. The van der Waals surface area contributed by atoms with Gasteiger partial charge >= 0.3 is 5.97 Å². The Kier molecular flexibility index (Phi) is 2.97. The summed E-state index contributed by atoms with van der Waals surface area (Å²) >= 11 is 0. The molecule has 1 aliphatic rings. The van der Waals surface area contributed by atoms with Crippen LogP contribution >= 0.6 is 0 Å². The maximum atomic E-state index is 12.8. The second-order valence-corrected chi connectivity index (χ2v) is 3.92. The average molecular weight is 221 g/mol. The van der Waals surface area contributed by atoms with Gasteiger partial charge in [0.1, 0.15) is 5.54 Å². The largest absolute Gasteiger partial charge is 0.480 e. The van der Waals surface area contributed by atoms with E-state index in [0.29, 0.717) is 0 Å². The Balaban J connectivity index is 2.78. The zero-order chi connectivity index (χ0) is 11.7. The number of carbonyl (C=O) groups excluding carboxylic acids is 1. The van der Waals surface area contributed by atoms with E-state index in [1.165, 1.54) is 6.92 Å². The van der Waals surface area contributed by atoms with E-state index in [2.05, 4.69) is 5.32 Å². The predicted octanol–water partition coefficient (Wildman–Crippen LogP) is 1.16. The number of nitrogens with one attached hydrogen (secondary N) is 1. The molecule has 0 heterocycles. The molecule has 0 radical (unpaired) electrons. The van der Waals surface area contributed by atoms with Crippen LogP contribution in [0.25, 0.3) is 0 Å². The molecule has 6 heteroatoms. The fourth-order valence-corrected chi connectivity index (χ4v) is 1.77. The molecule has 0 aromatic rings. The Morgan fingerprint density at radius 2 is 1.67 bits per heavy atom. The summed E-state index contributed by atoms with van der Waals surface area (Å²) < 4.78 is 25.7. The highest BCUT2D eigenvalue weighted by molar-refractivity contribution is 5.86. The molecule has 1 rings (SSSR count). The van der Waals surface area contributed by atoms with Crippen molar-refractivity contribution in [3.8, 4) is 0 Å². The van der Waals surface area contributed by atoms with E-state index in [4.69, 9.17) is 5.11 Å². The molecule has 0 aromatic carbocycles. The molecule has 2 N–H and O–H groups in total. The molecular formula is C9H13F2NO3. The summed E-state index contributed by atoms with van der Waals surface area (Å²) in [5.74, 6) is -4.56. The highest BCUT2D eigenvalue weighted by atomic mass is 19.3. The zero-order valence-corrected chi connectivity index (χ0v) is 8.35. The normalized spacial score (nSPS) is 23.1. The lowest BCUT2D eigenvalue weighted by Crippen LogP contribution is -2.57. The standard InChI is InChI=1S/C9H13F2NO3/c1-6(13)12-8(7(14)15)2-4-9(10,11)5-3-8/h2-5H2,1H3,(H,12,13)(H,14,15). The van der Waals surface area contributed by atoms with E-state index >= 15 is 0 Å². The van der Waals surface area contributed by atoms with Crippen molar-refractivity contribution in [3.63, 3.8) is 0 Å². The van der Waals surface area contributed by atoms with Crippen LogP contribution in [0.2, 0.25) is 0 Å². The van der Waals surface area contributed by atoms with Crippen molar-refractivity contribution in [2.24, 2.45) is 0 Å². The van der Waals surface area contributed by atoms with Crippen LogP contribution in [-0.4, -0.2) is 28.4 Å². The number of hydrogen-bond donors (Lipinski definition) is 2. The molecular weight excluding hydrogens is 208 g/mol. The molecule has 15 heavy (non-hydrogen) atoms. The highest BCUT2D eigenvalue weighted by Crippen LogP contribution is 2.38. The first kappa shape index (κ1) is 11.9. The molecule has 86 valence electrons. The Labute approximate surface area is 85.7 Å². The van der Waals surface area contributed by atoms with Gasteiger partial charge in [0, 0.05) is 19.8 Å². The van der Waals surface area contributed by atoms with Gasteiger partial charge in [0.25, 0.3) is 0 Å². The maximum absolute atomic E-state index is 12.8. The third kappa shape index (κ3) is 2.64. The third-order valence-electron chi connectivity index (χ3n) is 2.66. The number of amides is 1. The minimum Gasteiger partial charge on any atom is -0.480 e. The molecule has 1 aliphatic carbocycles. The smallest absolute Gasteiger partial charge is 0.329 e. The van der Waals surface area contributed by atoms with E-state index in [1.807, 2.05) is 0 Å². The number of alkyl halides is 2. The van der Waals surface area contributed by atoms with Crippen LogP contribution in [0.15, 0.2) is 0 Å². The minimum atomic E-state index is -2.81. The Bertz CT molecular complexity index is 281. The number of halogens is 2. The first-order chi connectivity index (χ1) is 6.77. The van der Waals surface area contributed by atoms with Crippen molar-refractivity contribution >= 4 is 11.9 Å². The van der Waals surface area contributed by atoms with Crippen LogP contribution < -0.4 is 5.32 Å². The Hall–Kier alpha value is -1.20. The van der Waals surface area contributed by atoms with Crippen molar-refractivity contribution in [1.82, 2.24) is 5.32 Å². The summed E-state index contributed by atoms with van der Waals surface area (Å²) in [7, 11) is 0. The van der Waals surface area contributed by atoms with Gasteiger partial charge in [0.15, 0.2) is 0 Å². The SMILES string of the molecule is CC(=O)NC1(C(=O)O)CCC(F)(F)CC1. The van der Waals surface area contributed by atoms with Gasteiger partial charge < -0.3 is 10.4 Å². The lowest BCUT2D eigenvalue weighted by molar-refractivity contribution is -0.153. The first-order valence-corrected chi connectivity index (χ1v) is 4.67. The van der Waals surface area contributed by atoms with Gasteiger partial charge in [-0.1, -0.05) is 0 Å². The van der Waals surface area contributed by atoms with E-state index in [1.54, 1.807) is 0 Å². The fourth-order valence-electron chi connectivity index (χ4n) is 1.77. The predicted molar refractivity (Wildman–Crippen MR) is 47.6 cm³/mol. The van der Waals surface area contributed by atoms with Gasteiger partial charge in [-0.2, -0.15) is 0 Å². The van der Waals surface area contributed by atoms with E-state index in [-0.39, 0.29) is 12.8 Å². The Morgan fingerprint density at radius 1 is 1.20 bits per heavy atom. The van der Waals surface area contributed by atoms with E-state index in [9.17, 15) is 18.4 Å². The molecule has 1 fully saturated rings. The Morgan fingerprint density at radius 3 is 2.00 bits per heavy atom.